The number of hydrogen-bond donors (Lipinski definition) is 1. The number of carbonyl (C=O) groups excluding carboxylic acids is 1. The van der Waals surface area contributed by atoms with Gasteiger partial charge in [0.05, 0.1) is 17.7 Å². The topological polar surface area (TPSA) is 92.6 Å². The van der Waals surface area contributed by atoms with Gasteiger partial charge in [0, 0.05) is 55.0 Å². The number of ketones is 1. The van der Waals surface area contributed by atoms with E-state index in [2.05, 4.69) is 14.9 Å². The second-order valence-corrected chi connectivity index (χ2v) is 10.0. The third-order valence-corrected chi connectivity index (χ3v) is 7.62. The number of likely N-dealkylation sites (tertiary alicyclic amines) is 1. The van der Waals surface area contributed by atoms with E-state index in [-0.39, 0.29) is 24.0 Å². The summed E-state index contributed by atoms with van der Waals surface area (Å²) in [5.41, 5.74) is 1.41. The van der Waals surface area contributed by atoms with Gasteiger partial charge in [-0.05, 0) is 67.6 Å². The normalized spacial score (nSPS) is 18.4. The van der Waals surface area contributed by atoms with Crippen molar-refractivity contribution in [3.8, 4) is 5.75 Å². The number of Topliss-reactive ketones (excluding diaryl/α,β-unsaturated/α-hetero) is 1. The number of benzene rings is 1. The number of aromatic nitrogens is 2. The van der Waals surface area contributed by atoms with E-state index in [1.807, 2.05) is 36.4 Å². The van der Waals surface area contributed by atoms with E-state index in [1.54, 1.807) is 37.3 Å². The van der Waals surface area contributed by atoms with Crippen LogP contribution in [0.5, 0.6) is 5.75 Å². The van der Waals surface area contributed by atoms with Gasteiger partial charge in [-0.15, -0.1) is 11.8 Å². The summed E-state index contributed by atoms with van der Waals surface area (Å²) in [5.74, 6) is 1.16. The molecule has 0 amide bonds. The van der Waals surface area contributed by atoms with E-state index < -0.39 is 5.97 Å². The minimum atomic E-state index is -0.775. The number of ether oxygens (including phenoxy) is 1. The highest BCUT2D eigenvalue weighted by molar-refractivity contribution is 7.99. The molecule has 1 aliphatic heterocycles. The average molecular weight is 494 g/mol. The second kappa shape index (κ2) is 12.1. The lowest BCUT2D eigenvalue weighted by Gasteiger charge is -2.38. The van der Waals surface area contributed by atoms with E-state index in [0.29, 0.717) is 24.2 Å². The average Bonchev–Trinajstić information content (AvgIpc) is 2.87. The van der Waals surface area contributed by atoms with Crippen LogP contribution >= 0.6 is 11.8 Å². The molecule has 7 nitrogen and oxygen atoms in total. The number of piperidine rings is 1. The molecule has 0 radical (unpaired) electrons. The van der Waals surface area contributed by atoms with Gasteiger partial charge >= 0.3 is 5.97 Å². The van der Waals surface area contributed by atoms with E-state index in [4.69, 9.17) is 4.74 Å². The number of rotatable bonds is 11. The van der Waals surface area contributed by atoms with Gasteiger partial charge in [-0.1, -0.05) is 6.07 Å². The van der Waals surface area contributed by atoms with Crippen molar-refractivity contribution >= 4 is 34.4 Å². The van der Waals surface area contributed by atoms with Crippen LogP contribution in [0.4, 0.5) is 0 Å². The minimum absolute atomic E-state index is 0.0446. The third-order valence-electron chi connectivity index (χ3n) is 6.70. The molecule has 1 fully saturated rings. The fourth-order valence-corrected chi connectivity index (χ4v) is 5.72. The minimum Gasteiger partial charge on any atom is -0.497 e. The molecule has 35 heavy (non-hydrogen) atoms. The molecule has 1 saturated heterocycles. The Kier molecular flexibility index (Phi) is 8.71. The number of carboxylic acid groups (broad SMARTS) is 1. The number of carbonyl (C=O) groups is 2. The fourth-order valence-electron chi connectivity index (χ4n) is 4.85. The molecule has 8 heteroatoms. The Balaban J connectivity index is 1.35. The molecule has 4 rings (SSSR count). The molecule has 2 unspecified atom stereocenters. The quantitative estimate of drug-likeness (QED) is 0.301. The zero-order valence-corrected chi connectivity index (χ0v) is 20.7. The Morgan fingerprint density at radius 3 is 2.80 bits per heavy atom. The van der Waals surface area contributed by atoms with Gasteiger partial charge in [0.2, 0.25) is 0 Å². The molecule has 1 aliphatic rings. The van der Waals surface area contributed by atoms with Crippen molar-refractivity contribution in [1.82, 2.24) is 14.9 Å². The first kappa shape index (κ1) is 25.1. The first-order chi connectivity index (χ1) is 17.0. The van der Waals surface area contributed by atoms with Gasteiger partial charge in [-0.3, -0.25) is 14.6 Å². The largest absolute Gasteiger partial charge is 0.497 e. The van der Waals surface area contributed by atoms with Crippen LogP contribution in [0.1, 0.15) is 36.0 Å². The van der Waals surface area contributed by atoms with Crippen molar-refractivity contribution in [2.24, 2.45) is 11.8 Å². The van der Waals surface area contributed by atoms with Gasteiger partial charge in [0.1, 0.15) is 5.75 Å². The summed E-state index contributed by atoms with van der Waals surface area (Å²) in [6, 6.07) is 13.2. The Labute approximate surface area is 209 Å². The highest BCUT2D eigenvalue weighted by Gasteiger charge is 2.31. The number of pyridine rings is 2. The summed E-state index contributed by atoms with van der Waals surface area (Å²) < 4.78 is 5.32. The van der Waals surface area contributed by atoms with Crippen molar-refractivity contribution in [1.29, 1.82) is 0 Å². The van der Waals surface area contributed by atoms with E-state index >= 15 is 0 Å². The van der Waals surface area contributed by atoms with Crippen molar-refractivity contribution in [2.45, 2.75) is 30.7 Å². The summed E-state index contributed by atoms with van der Waals surface area (Å²) >= 11 is 1.72. The summed E-state index contributed by atoms with van der Waals surface area (Å²) in [4.78, 5) is 35.8. The third kappa shape index (κ3) is 6.80. The van der Waals surface area contributed by atoms with Gasteiger partial charge in [-0.2, -0.15) is 0 Å². The molecule has 0 saturated carbocycles. The molecule has 3 heterocycles. The maximum Gasteiger partial charge on any atom is 0.303 e. The smallest absolute Gasteiger partial charge is 0.303 e. The predicted molar refractivity (Wildman–Crippen MR) is 137 cm³/mol. The van der Waals surface area contributed by atoms with E-state index in [9.17, 15) is 14.7 Å². The first-order valence-corrected chi connectivity index (χ1v) is 13.0. The van der Waals surface area contributed by atoms with E-state index in [0.717, 1.165) is 47.7 Å². The van der Waals surface area contributed by atoms with E-state index in [1.165, 1.54) is 0 Å². The predicted octanol–water partition coefficient (Wildman–Crippen LogP) is 4.81. The van der Waals surface area contributed by atoms with Gasteiger partial charge in [0.25, 0.3) is 0 Å². The summed E-state index contributed by atoms with van der Waals surface area (Å²) in [6.07, 6.45) is 5.59. The summed E-state index contributed by atoms with van der Waals surface area (Å²) in [5, 5.41) is 11.3. The van der Waals surface area contributed by atoms with Gasteiger partial charge in [0.15, 0.2) is 5.78 Å². The number of carboxylic acids is 1. The highest BCUT2D eigenvalue weighted by Crippen LogP contribution is 2.32. The van der Waals surface area contributed by atoms with Gasteiger partial charge < -0.3 is 14.7 Å². The lowest BCUT2D eigenvalue weighted by Crippen LogP contribution is -2.42. The maximum atomic E-state index is 13.2. The van der Waals surface area contributed by atoms with Crippen LogP contribution in [-0.4, -0.2) is 64.2 Å². The van der Waals surface area contributed by atoms with Crippen molar-refractivity contribution in [2.75, 3.05) is 32.5 Å². The summed E-state index contributed by atoms with van der Waals surface area (Å²) in [7, 11) is 1.60. The number of methoxy groups -OCH3 is 1. The molecular weight excluding hydrogens is 462 g/mol. The van der Waals surface area contributed by atoms with Crippen LogP contribution in [0.3, 0.4) is 0 Å². The zero-order valence-electron chi connectivity index (χ0n) is 19.9. The molecule has 0 aliphatic carbocycles. The van der Waals surface area contributed by atoms with Crippen LogP contribution < -0.4 is 4.74 Å². The standard InChI is InChI=1S/C27H31N3O4S/c1-34-21-6-7-24-23(17-21)22(9-12-28-24)25(31)8-5-19-10-13-30(18-20(19)16-27(32)33)14-15-35-26-4-2-3-11-29-26/h2-4,6-7,9,11-12,17,19-20H,5,8,10,13-16,18H2,1H3,(H,32,33). The molecule has 2 aromatic heterocycles. The monoisotopic (exact) mass is 493 g/mol. The fraction of sp³-hybridized carbons (Fsp3) is 0.407. The highest BCUT2D eigenvalue weighted by atomic mass is 32.2. The van der Waals surface area contributed by atoms with Crippen LogP contribution in [-0.2, 0) is 4.79 Å². The molecule has 1 aromatic carbocycles. The molecule has 0 spiro atoms. The number of hydrogen-bond acceptors (Lipinski definition) is 7. The number of fused-ring (bicyclic) bond motifs is 1. The molecule has 3 aromatic rings. The number of thioether (sulfide) groups is 1. The van der Waals surface area contributed by atoms with Crippen molar-refractivity contribution in [3.05, 3.63) is 60.4 Å². The van der Waals surface area contributed by atoms with Crippen molar-refractivity contribution in [3.63, 3.8) is 0 Å². The van der Waals surface area contributed by atoms with Gasteiger partial charge in [-0.25, -0.2) is 4.98 Å². The van der Waals surface area contributed by atoms with Crippen LogP contribution in [0.25, 0.3) is 10.9 Å². The Morgan fingerprint density at radius 1 is 1.14 bits per heavy atom. The van der Waals surface area contributed by atoms with Crippen LogP contribution in [0.2, 0.25) is 0 Å². The SMILES string of the molecule is COc1ccc2nccc(C(=O)CCC3CCN(CCSc4ccccn4)CC3CC(=O)O)c2c1. The lowest BCUT2D eigenvalue weighted by atomic mass is 9.79. The second-order valence-electron chi connectivity index (χ2n) is 8.93. The Morgan fingerprint density at radius 2 is 2.03 bits per heavy atom. The summed E-state index contributed by atoms with van der Waals surface area (Å²) in [6.45, 7) is 2.57. The van der Waals surface area contributed by atoms with Crippen LogP contribution in [0, 0.1) is 11.8 Å². The molecule has 2 atom stereocenters. The number of nitrogens with zero attached hydrogens (tertiary/aromatic N) is 3. The molecule has 184 valence electrons. The Hall–Kier alpha value is -2.97. The Bertz CT molecular complexity index is 1160. The lowest BCUT2D eigenvalue weighted by molar-refractivity contribution is -0.139. The van der Waals surface area contributed by atoms with Crippen LogP contribution in [0.15, 0.2) is 59.9 Å². The molecular formula is C27H31N3O4S. The molecule has 1 N–H and O–H groups in total. The molecule has 0 bridgehead atoms. The zero-order chi connectivity index (χ0) is 24.6. The number of aliphatic carboxylic acids is 1. The first-order valence-electron chi connectivity index (χ1n) is 12.0. The maximum absolute atomic E-state index is 13.2. The van der Waals surface area contributed by atoms with Crippen molar-refractivity contribution < 1.29 is 19.4 Å².